The van der Waals surface area contributed by atoms with E-state index in [0.29, 0.717) is 19.1 Å². The minimum atomic E-state index is 0.642. The van der Waals surface area contributed by atoms with Gasteiger partial charge in [0.15, 0.2) is 0 Å². The summed E-state index contributed by atoms with van der Waals surface area (Å²) >= 11 is 0. The van der Waals surface area contributed by atoms with E-state index in [1.165, 1.54) is 11.3 Å². The van der Waals surface area contributed by atoms with Gasteiger partial charge in [-0.15, -0.1) is 0 Å². The largest absolute Gasteiger partial charge is 0.481 e. The number of hydrogen-bond acceptors (Lipinski definition) is 7. The standard InChI is InChI=1S/C25H32N6O2/c1-18-14-21(16-27-25(18)32-3)31-23-6-13-33-12-5-22(23)24(28-31)19-4-7-26-20(15-19)17-30-10-8-29(2)9-11-30/h4,7,14-16H,5-6,8-13,17H2,1-3H3. The molecule has 5 rings (SSSR count). The third-order valence-corrected chi connectivity index (χ3v) is 6.59. The van der Waals surface area contributed by atoms with E-state index in [9.17, 15) is 0 Å². The van der Waals surface area contributed by atoms with Crippen molar-refractivity contribution in [3.63, 3.8) is 0 Å². The summed E-state index contributed by atoms with van der Waals surface area (Å²) in [6.07, 6.45) is 5.43. The smallest absolute Gasteiger partial charge is 0.216 e. The highest BCUT2D eigenvalue weighted by atomic mass is 16.5. The highest BCUT2D eigenvalue weighted by Crippen LogP contribution is 2.31. The average molecular weight is 449 g/mol. The lowest BCUT2D eigenvalue weighted by Crippen LogP contribution is -2.44. The third kappa shape index (κ3) is 4.64. The Morgan fingerprint density at radius 2 is 1.88 bits per heavy atom. The fourth-order valence-corrected chi connectivity index (χ4v) is 4.72. The third-order valence-electron chi connectivity index (χ3n) is 6.59. The van der Waals surface area contributed by atoms with Gasteiger partial charge in [-0.1, -0.05) is 0 Å². The molecule has 0 aromatic carbocycles. The van der Waals surface area contributed by atoms with Gasteiger partial charge in [-0.3, -0.25) is 9.88 Å². The van der Waals surface area contributed by atoms with E-state index in [1.54, 1.807) is 7.11 Å². The van der Waals surface area contributed by atoms with Crippen molar-refractivity contribution in [3.8, 4) is 22.8 Å². The number of pyridine rings is 2. The number of likely N-dealkylation sites (N-methyl/N-ethyl adjacent to an activating group) is 1. The molecule has 2 aliphatic heterocycles. The van der Waals surface area contributed by atoms with Crippen LogP contribution in [0.3, 0.4) is 0 Å². The van der Waals surface area contributed by atoms with E-state index in [1.807, 2.05) is 24.0 Å². The van der Waals surface area contributed by atoms with E-state index in [-0.39, 0.29) is 0 Å². The van der Waals surface area contributed by atoms with Crippen molar-refractivity contribution in [1.82, 2.24) is 29.5 Å². The van der Waals surface area contributed by atoms with E-state index < -0.39 is 0 Å². The second-order valence-electron chi connectivity index (χ2n) is 8.93. The van der Waals surface area contributed by atoms with Gasteiger partial charge in [-0.2, -0.15) is 5.10 Å². The zero-order chi connectivity index (χ0) is 22.8. The Balaban J connectivity index is 1.50. The first-order valence-corrected chi connectivity index (χ1v) is 11.7. The quantitative estimate of drug-likeness (QED) is 0.594. The van der Waals surface area contributed by atoms with Gasteiger partial charge in [0.2, 0.25) is 5.88 Å². The first-order valence-electron chi connectivity index (χ1n) is 11.7. The van der Waals surface area contributed by atoms with Crippen molar-refractivity contribution < 1.29 is 9.47 Å². The molecule has 0 atom stereocenters. The van der Waals surface area contributed by atoms with Crippen LogP contribution < -0.4 is 4.74 Å². The number of aromatic nitrogens is 4. The molecule has 0 spiro atoms. The van der Waals surface area contributed by atoms with Crippen LogP contribution in [0.4, 0.5) is 0 Å². The number of fused-ring (bicyclic) bond motifs is 1. The fourth-order valence-electron chi connectivity index (χ4n) is 4.72. The normalized spacial score (nSPS) is 17.5. The number of aryl methyl sites for hydroxylation is 1. The first-order chi connectivity index (χ1) is 16.1. The van der Waals surface area contributed by atoms with Crippen LogP contribution in [0.5, 0.6) is 5.88 Å². The molecule has 1 fully saturated rings. The molecule has 0 bridgehead atoms. The number of methoxy groups -OCH3 is 1. The SMILES string of the molecule is COc1ncc(-n2nc(-c3ccnc(CN4CCN(C)CC4)c3)c3c2CCOCC3)cc1C. The summed E-state index contributed by atoms with van der Waals surface area (Å²) in [5.74, 6) is 0.642. The lowest BCUT2D eigenvalue weighted by Gasteiger charge is -2.32. The molecule has 3 aromatic heterocycles. The van der Waals surface area contributed by atoms with Crippen molar-refractivity contribution in [2.45, 2.75) is 26.3 Å². The maximum atomic E-state index is 5.81. The lowest BCUT2D eigenvalue weighted by molar-refractivity contribution is 0.145. The molecule has 0 radical (unpaired) electrons. The Bertz CT molecular complexity index is 1120. The highest BCUT2D eigenvalue weighted by Gasteiger charge is 2.23. The first kappa shape index (κ1) is 22.0. The molecule has 0 unspecified atom stereocenters. The number of ether oxygens (including phenoxy) is 2. The minimum Gasteiger partial charge on any atom is -0.481 e. The molecule has 5 heterocycles. The van der Waals surface area contributed by atoms with Crippen LogP contribution >= 0.6 is 0 Å². The predicted octanol–water partition coefficient (Wildman–Crippen LogP) is 2.51. The zero-order valence-electron chi connectivity index (χ0n) is 19.8. The van der Waals surface area contributed by atoms with Gasteiger partial charge in [-0.05, 0) is 38.6 Å². The number of piperazine rings is 1. The monoisotopic (exact) mass is 448 g/mol. The van der Waals surface area contributed by atoms with Crippen molar-refractivity contribution in [1.29, 1.82) is 0 Å². The molecular weight excluding hydrogens is 416 g/mol. The van der Waals surface area contributed by atoms with Crippen LogP contribution in [0.1, 0.15) is 22.5 Å². The van der Waals surface area contributed by atoms with E-state index in [4.69, 9.17) is 14.6 Å². The predicted molar refractivity (Wildman–Crippen MR) is 127 cm³/mol. The molecule has 174 valence electrons. The fraction of sp³-hybridized carbons (Fsp3) is 0.480. The minimum absolute atomic E-state index is 0.642. The summed E-state index contributed by atoms with van der Waals surface area (Å²) in [7, 11) is 3.83. The van der Waals surface area contributed by atoms with E-state index in [0.717, 1.165) is 73.8 Å². The summed E-state index contributed by atoms with van der Waals surface area (Å²) in [4.78, 5) is 14.0. The molecule has 0 N–H and O–H groups in total. The Hall–Kier alpha value is -2.81. The molecule has 3 aromatic rings. The van der Waals surface area contributed by atoms with Crippen LogP contribution in [0.15, 0.2) is 30.6 Å². The summed E-state index contributed by atoms with van der Waals surface area (Å²) in [6.45, 7) is 8.65. The Morgan fingerprint density at radius 3 is 2.67 bits per heavy atom. The molecule has 0 amide bonds. The number of hydrogen-bond donors (Lipinski definition) is 0. The summed E-state index contributed by atoms with van der Waals surface area (Å²) in [5, 5.41) is 5.10. The molecule has 8 heteroatoms. The molecule has 1 saturated heterocycles. The maximum Gasteiger partial charge on any atom is 0.216 e. The van der Waals surface area contributed by atoms with Gasteiger partial charge in [0, 0.05) is 62.0 Å². The van der Waals surface area contributed by atoms with Gasteiger partial charge in [0.1, 0.15) is 0 Å². The number of nitrogens with zero attached hydrogens (tertiary/aromatic N) is 6. The summed E-state index contributed by atoms with van der Waals surface area (Å²) < 4.78 is 13.2. The van der Waals surface area contributed by atoms with Crippen molar-refractivity contribution >= 4 is 0 Å². The molecule has 0 aliphatic carbocycles. The summed E-state index contributed by atoms with van der Waals surface area (Å²) in [5.41, 5.74) is 7.62. The molecular formula is C25H32N6O2. The second kappa shape index (κ2) is 9.59. The van der Waals surface area contributed by atoms with Crippen molar-refractivity contribution in [2.24, 2.45) is 0 Å². The number of rotatable bonds is 5. The van der Waals surface area contributed by atoms with Crippen LogP contribution in [0, 0.1) is 6.92 Å². The summed E-state index contributed by atoms with van der Waals surface area (Å²) in [6, 6.07) is 6.36. The zero-order valence-corrected chi connectivity index (χ0v) is 19.8. The Morgan fingerprint density at radius 1 is 1.06 bits per heavy atom. The average Bonchev–Trinajstić information content (AvgIpc) is 3.01. The lowest BCUT2D eigenvalue weighted by atomic mass is 10.0. The van der Waals surface area contributed by atoms with Crippen LogP contribution in [0.25, 0.3) is 16.9 Å². The van der Waals surface area contributed by atoms with Gasteiger partial charge in [0.25, 0.3) is 0 Å². The highest BCUT2D eigenvalue weighted by molar-refractivity contribution is 5.65. The Kier molecular flexibility index (Phi) is 6.39. The van der Waals surface area contributed by atoms with Crippen LogP contribution in [-0.2, 0) is 24.1 Å². The molecule has 8 nitrogen and oxygen atoms in total. The molecule has 0 saturated carbocycles. The van der Waals surface area contributed by atoms with Gasteiger partial charge >= 0.3 is 0 Å². The second-order valence-corrected chi connectivity index (χ2v) is 8.93. The van der Waals surface area contributed by atoms with Crippen LogP contribution in [-0.4, -0.2) is 83.1 Å². The Labute approximate surface area is 195 Å². The van der Waals surface area contributed by atoms with Crippen molar-refractivity contribution in [3.05, 3.63) is 53.1 Å². The van der Waals surface area contributed by atoms with Crippen LogP contribution in [0.2, 0.25) is 0 Å². The van der Waals surface area contributed by atoms with Gasteiger partial charge in [0.05, 0.1) is 49.3 Å². The van der Waals surface area contributed by atoms with Gasteiger partial charge < -0.3 is 14.4 Å². The van der Waals surface area contributed by atoms with Crippen molar-refractivity contribution in [2.75, 3.05) is 53.6 Å². The van der Waals surface area contributed by atoms with Gasteiger partial charge in [-0.25, -0.2) is 9.67 Å². The molecule has 33 heavy (non-hydrogen) atoms. The topological polar surface area (TPSA) is 68.5 Å². The van der Waals surface area contributed by atoms with E-state index in [2.05, 4.69) is 45.0 Å². The van der Waals surface area contributed by atoms with E-state index >= 15 is 0 Å². The maximum absolute atomic E-state index is 5.81. The molecule has 2 aliphatic rings.